The van der Waals surface area contributed by atoms with Crippen molar-refractivity contribution >= 4 is 58.5 Å². The maximum Gasteiger partial charge on any atom is 0.335 e. The van der Waals surface area contributed by atoms with Gasteiger partial charge in [0.25, 0.3) is 11.8 Å². The first-order valence-corrected chi connectivity index (χ1v) is 10.1. The summed E-state index contributed by atoms with van der Waals surface area (Å²) >= 11 is 11.4. The lowest BCUT2D eigenvalue weighted by molar-refractivity contribution is -0.122. The first kappa shape index (κ1) is 21.5. The van der Waals surface area contributed by atoms with E-state index in [0.717, 1.165) is 4.90 Å². The van der Waals surface area contributed by atoms with Crippen molar-refractivity contribution in [1.82, 2.24) is 5.32 Å². The fraction of sp³-hybridized carbons (Fsp3) is 0.0435. The third kappa shape index (κ3) is 3.93. The average Bonchev–Trinajstić information content (AvgIpc) is 3.20. The van der Waals surface area contributed by atoms with Gasteiger partial charge in [-0.15, -0.1) is 0 Å². The number of furan rings is 1. The number of halogens is 1. The Hall–Kier alpha value is -3.75. The van der Waals surface area contributed by atoms with Crippen LogP contribution in [0, 0.1) is 6.92 Å². The minimum Gasteiger partial charge on any atom is -0.478 e. The Morgan fingerprint density at radius 3 is 2.59 bits per heavy atom. The molecule has 32 heavy (non-hydrogen) atoms. The summed E-state index contributed by atoms with van der Waals surface area (Å²) < 4.78 is 5.81. The van der Waals surface area contributed by atoms with Gasteiger partial charge in [-0.3, -0.25) is 19.8 Å². The van der Waals surface area contributed by atoms with E-state index in [2.05, 4.69) is 5.32 Å². The SMILES string of the molecule is Cc1cc(C(=O)O)ccc1-c1ccc(/C=C2\C(=O)NC(=S)N(c3ccccc3Cl)C2=O)o1. The summed E-state index contributed by atoms with van der Waals surface area (Å²) in [5.74, 6) is -1.57. The topological polar surface area (TPSA) is 99.8 Å². The molecule has 2 aromatic carbocycles. The maximum atomic E-state index is 13.1. The van der Waals surface area contributed by atoms with Crippen LogP contribution in [0.2, 0.25) is 5.02 Å². The lowest BCUT2D eigenvalue weighted by Gasteiger charge is -2.29. The molecule has 0 unspecified atom stereocenters. The predicted molar refractivity (Wildman–Crippen MR) is 123 cm³/mol. The summed E-state index contributed by atoms with van der Waals surface area (Å²) in [5, 5.41) is 11.9. The van der Waals surface area contributed by atoms with E-state index in [1.165, 1.54) is 12.1 Å². The molecule has 1 aromatic heterocycles. The standard InChI is InChI=1S/C23H15ClN2O5S/c1-12-10-13(22(29)30)6-8-15(12)19-9-7-14(31-19)11-16-20(27)25-23(32)26(21(16)28)18-5-3-2-4-17(18)24/h2-11H,1H3,(H,29,30)(H,25,27,32)/b16-11+. The van der Waals surface area contributed by atoms with Crippen LogP contribution < -0.4 is 10.2 Å². The summed E-state index contributed by atoms with van der Waals surface area (Å²) in [7, 11) is 0. The number of carboxylic acid groups (broad SMARTS) is 1. The number of benzene rings is 2. The number of carbonyl (C=O) groups is 3. The number of aryl methyl sites for hydroxylation is 1. The fourth-order valence-electron chi connectivity index (χ4n) is 3.30. The van der Waals surface area contributed by atoms with Crippen LogP contribution in [-0.2, 0) is 9.59 Å². The Kier molecular flexibility index (Phi) is 5.65. The van der Waals surface area contributed by atoms with E-state index in [0.29, 0.717) is 27.6 Å². The van der Waals surface area contributed by atoms with Crippen LogP contribution in [-0.4, -0.2) is 28.0 Å². The quantitative estimate of drug-likeness (QED) is 0.335. The molecule has 0 aliphatic carbocycles. The van der Waals surface area contributed by atoms with Crippen molar-refractivity contribution in [2.45, 2.75) is 6.92 Å². The zero-order valence-corrected chi connectivity index (χ0v) is 18.2. The molecule has 0 saturated carbocycles. The highest BCUT2D eigenvalue weighted by atomic mass is 35.5. The highest BCUT2D eigenvalue weighted by molar-refractivity contribution is 7.80. The first-order chi connectivity index (χ1) is 15.3. The van der Waals surface area contributed by atoms with Gasteiger partial charge in [0, 0.05) is 5.56 Å². The zero-order valence-electron chi connectivity index (χ0n) is 16.6. The monoisotopic (exact) mass is 466 g/mol. The highest BCUT2D eigenvalue weighted by Crippen LogP contribution is 2.30. The number of carboxylic acids is 1. The minimum absolute atomic E-state index is 0.0699. The van der Waals surface area contributed by atoms with Crippen LogP contribution in [0.15, 0.2) is 64.6 Å². The van der Waals surface area contributed by atoms with E-state index in [9.17, 15) is 14.4 Å². The van der Waals surface area contributed by atoms with Gasteiger partial charge < -0.3 is 9.52 Å². The summed E-state index contributed by atoms with van der Waals surface area (Å²) in [5.41, 5.74) is 1.75. The van der Waals surface area contributed by atoms with Crippen molar-refractivity contribution in [2.75, 3.05) is 4.90 Å². The molecule has 2 amide bonds. The first-order valence-electron chi connectivity index (χ1n) is 9.36. The molecule has 3 aromatic rings. The number of hydrogen-bond donors (Lipinski definition) is 2. The van der Waals surface area contributed by atoms with E-state index in [4.69, 9.17) is 33.3 Å². The molecule has 0 bridgehead atoms. The normalized spacial score (nSPS) is 15.2. The van der Waals surface area contributed by atoms with Crippen molar-refractivity contribution in [2.24, 2.45) is 0 Å². The number of amides is 2. The predicted octanol–water partition coefficient (Wildman–Crippen LogP) is 4.44. The molecule has 2 heterocycles. The van der Waals surface area contributed by atoms with Crippen LogP contribution in [0.5, 0.6) is 0 Å². The largest absolute Gasteiger partial charge is 0.478 e. The summed E-state index contributed by atoms with van der Waals surface area (Å²) in [4.78, 5) is 37.9. The molecule has 0 atom stereocenters. The second-order valence-corrected chi connectivity index (χ2v) is 7.74. The summed E-state index contributed by atoms with van der Waals surface area (Å²) in [6, 6.07) is 14.6. The molecular weight excluding hydrogens is 452 g/mol. The van der Waals surface area contributed by atoms with E-state index < -0.39 is 17.8 Å². The van der Waals surface area contributed by atoms with Gasteiger partial charge in [-0.2, -0.15) is 0 Å². The summed E-state index contributed by atoms with van der Waals surface area (Å²) in [6.07, 6.45) is 1.33. The van der Waals surface area contributed by atoms with E-state index in [-0.39, 0.29) is 22.0 Å². The van der Waals surface area contributed by atoms with Crippen molar-refractivity contribution in [3.63, 3.8) is 0 Å². The third-order valence-electron chi connectivity index (χ3n) is 4.85. The smallest absolute Gasteiger partial charge is 0.335 e. The average molecular weight is 467 g/mol. The number of para-hydroxylation sites is 1. The number of carbonyl (C=O) groups excluding carboxylic acids is 2. The fourth-order valence-corrected chi connectivity index (χ4v) is 3.79. The van der Waals surface area contributed by atoms with Crippen LogP contribution >= 0.6 is 23.8 Å². The maximum absolute atomic E-state index is 13.1. The van der Waals surface area contributed by atoms with Crippen LogP contribution in [0.4, 0.5) is 5.69 Å². The zero-order chi connectivity index (χ0) is 23.0. The van der Waals surface area contributed by atoms with Gasteiger partial charge in [-0.1, -0.05) is 29.8 Å². The van der Waals surface area contributed by atoms with Crippen LogP contribution in [0.1, 0.15) is 21.7 Å². The van der Waals surface area contributed by atoms with Crippen molar-refractivity contribution in [3.05, 3.63) is 82.1 Å². The van der Waals surface area contributed by atoms with Crippen molar-refractivity contribution < 1.29 is 23.9 Å². The molecule has 1 saturated heterocycles. The van der Waals surface area contributed by atoms with Gasteiger partial charge in [-0.25, -0.2) is 4.79 Å². The van der Waals surface area contributed by atoms with E-state index >= 15 is 0 Å². The number of hydrogen-bond acceptors (Lipinski definition) is 5. The molecule has 1 fully saturated rings. The van der Waals surface area contributed by atoms with Gasteiger partial charge in [0.05, 0.1) is 16.3 Å². The van der Waals surface area contributed by atoms with Gasteiger partial charge in [-0.05, 0) is 67.2 Å². The van der Waals surface area contributed by atoms with Gasteiger partial charge >= 0.3 is 5.97 Å². The van der Waals surface area contributed by atoms with Crippen LogP contribution in [0.25, 0.3) is 17.4 Å². The lowest BCUT2D eigenvalue weighted by Crippen LogP contribution is -2.54. The van der Waals surface area contributed by atoms with Gasteiger partial charge in [0.1, 0.15) is 17.1 Å². The Morgan fingerprint density at radius 2 is 1.91 bits per heavy atom. The number of anilines is 1. The van der Waals surface area contributed by atoms with E-state index in [1.807, 2.05) is 0 Å². The number of aromatic carboxylic acids is 1. The Morgan fingerprint density at radius 1 is 1.16 bits per heavy atom. The molecule has 160 valence electrons. The number of nitrogens with zero attached hydrogens (tertiary/aromatic N) is 1. The molecule has 2 N–H and O–H groups in total. The molecule has 4 rings (SSSR count). The molecule has 0 radical (unpaired) electrons. The second kappa shape index (κ2) is 8.41. The van der Waals surface area contributed by atoms with Crippen molar-refractivity contribution in [1.29, 1.82) is 0 Å². The van der Waals surface area contributed by atoms with Crippen molar-refractivity contribution in [3.8, 4) is 11.3 Å². The Balaban J connectivity index is 1.68. The van der Waals surface area contributed by atoms with Gasteiger partial charge in [0.15, 0.2) is 5.11 Å². The highest BCUT2D eigenvalue weighted by Gasteiger charge is 2.35. The lowest BCUT2D eigenvalue weighted by atomic mass is 10.0. The minimum atomic E-state index is -1.02. The molecule has 0 spiro atoms. The molecule has 7 nitrogen and oxygen atoms in total. The number of rotatable bonds is 4. The molecule has 1 aliphatic heterocycles. The third-order valence-corrected chi connectivity index (χ3v) is 5.45. The molecular formula is C23H15ClN2O5S. The Bertz CT molecular complexity index is 1330. The second-order valence-electron chi connectivity index (χ2n) is 6.95. The number of nitrogens with one attached hydrogen (secondary N) is 1. The molecule has 1 aliphatic rings. The number of thiocarbonyl (C=S) groups is 1. The molecule has 9 heteroatoms. The van der Waals surface area contributed by atoms with Crippen LogP contribution in [0.3, 0.4) is 0 Å². The Labute approximate surface area is 192 Å². The van der Waals surface area contributed by atoms with Gasteiger partial charge in [0.2, 0.25) is 0 Å². The van der Waals surface area contributed by atoms with E-state index in [1.54, 1.807) is 55.5 Å². The summed E-state index contributed by atoms with van der Waals surface area (Å²) in [6.45, 7) is 1.77.